The number of benzene rings is 1. The van der Waals surface area contributed by atoms with Gasteiger partial charge in [-0.25, -0.2) is 0 Å². The zero-order valence-electron chi connectivity index (χ0n) is 12.0. The van der Waals surface area contributed by atoms with Gasteiger partial charge in [-0.05, 0) is 37.8 Å². The number of hydrogen-bond donors (Lipinski definition) is 2. The Morgan fingerprint density at radius 3 is 2.53 bits per heavy atom. The third kappa shape index (κ3) is 4.22. The molecule has 0 radical (unpaired) electrons. The third-order valence-corrected chi connectivity index (χ3v) is 3.83. The van der Waals surface area contributed by atoms with Crippen LogP contribution in [0.5, 0.6) is 5.75 Å². The predicted octanol–water partition coefficient (Wildman–Crippen LogP) is 2.58. The maximum Gasteiger partial charge on any atom is 0.125 e. The highest BCUT2D eigenvalue weighted by Crippen LogP contribution is 2.22. The molecular formula is C16H25NO2. The molecule has 1 fully saturated rings. The summed E-state index contributed by atoms with van der Waals surface area (Å²) in [5, 5.41) is 13.4. The third-order valence-electron chi connectivity index (χ3n) is 3.83. The molecule has 0 saturated heterocycles. The molecule has 0 spiro atoms. The standard InChI is InChI=1S/C16H25NO2/c1-12-6-5-7-13(2)16(12)19-11-15(18)10-17-14-8-3-4-9-14/h5-7,14-15,17-18H,3-4,8-11H2,1-2H3/t15-/m1/s1. The SMILES string of the molecule is Cc1cccc(C)c1OC[C@H](O)CNC1CCCC1. The predicted molar refractivity (Wildman–Crippen MR) is 77.7 cm³/mol. The Kier molecular flexibility index (Phi) is 5.23. The molecule has 0 bridgehead atoms. The molecule has 1 aliphatic carbocycles. The summed E-state index contributed by atoms with van der Waals surface area (Å²) >= 11 is 0. The minimum Gasteiger partial charge on any atom is -0.490 e. The second kappa shape index (κ2) is 6.92. The topological polar surface area (TPSA) is 41.5 Å². The van der Waals surface area contributed by atoms with Crippen LogP contribution in [0.1, 0.15) is 36.8 Å². The monoisotopic (exact) mass is 263 g/mol. The van der Waals surface area contributed by atoms with Gasteiger partial charge >= 0.3 is 0 Å². The van der Waals surface area contributed by atoms with Crippen LogP contribution in [-0.4, -0.2) is 30.4 Å². The first-order chi connectivity index (χ1) is 9.16. The quantitative estimate of drug-likeness (QED) is 0.829. The minimum absolute atomic E-state index is 0.353. The smallest absolute Gasteiger partial charge is 0.125 e. The van der Waals surface area contributed by atoms with Crippen molar-refractivity contribution in [3.8, 4) is 5.75 Å². The summed E-state index contributed by atoms with van der Waals surface area (Å²) in [4.78, 5) is 0. The van der Waals surface area contributed by atoms with E-state index in [1.54, 1.807) is 0 Å². The molecule has 1 aromatic carbocycles. The van der Waals surface area contributed by atoms with E-state index in [2.05, 4.69) is 5.32 Å². The van der Waals surface area contributed by atoms with Crippen LogP contribution in [0.2, 0.25) is 0 Å². The fraction of sp³-hybridized carbons (Fsp3) is 0.625. The average Bonchev–Trinajstić information content (AvgIpc) is 2.89. The van der Waals surface area contributed by atoms with Crippen LogP contribution in [0, 0.1) is 13.8 Å². The summed E-state index contributed by atoms with van der Waals surface area (Å²) in [6, 6.07) is 6.68. The van der Waals surface area contributed by atoms with E-state index in [1.807, 2.05) is 32.0 Å². The van der Waals surface area contributed by atoms with E-state index in [0.717, 1.165) is 16.9 Å². The van der Waals surface area contributed by atoms with E-state index in [-0.39, 0.29) is 0 Å². The summed E-state index contributed by atoms with van der Waals surface area (Å²) in [6.45, 7) is 5.04. The van der Waals surface area contributed by atoms with Gasteiger partial charge in [-0.15, -0.1) is 0 Å². The molecule has 0 heterocycles. The van der Waals surface area contributed by atoms with E-state index >= 15 is 0 Å². The van der Waals surface area contributed by atoms with Crippen LogP contribution >= 0.6 is 0 Å². The number of aryl methyl sites for hydroxylation is 2. The molecule has 0 unspecified atom stereocenters. The Balaban J connectivity index is 1.75. The number of para-hydroxylation sites is 1. The summed E-state index contributed by atoms with van der Waals surface area (Å²) in [6.07, 6.45) is 4.66. The van der Waals surface area contributed by atoms with Gasteiger partial charge in [0.25, 0.3) is 0 Å². The average molecular weight is 263 g/mol. The van der Waals surface area contributed by atoms with E-state index in [9.17, 15) is 5.11 Å². The lowest BCUT2D eigenvalue weighted by atomic mass is 10.1. The van der Waals surface area contributed by atoms with Crippen LogP contribution in [0.4, 0.5) is 0 Å². The lowest BCUT2D eigenvalue weighted by Crippen LogP contribution is -2.36. The first-order valence-corrected chi connectivity index (χ1v) is 7.27. The van der Waals surface area contributed by atoms with E-state index < -0.39 is 6.10 Å². The normalized spacial score (nSPS) is 17.6. The molecule has 1 aromatic rings. The van der Waals surface area contributed by atoms with Crippen LogP contribution < -0.4 is 10.1 Å². The molecule has 106 valence electrons. The number of aliphatic hydroxyl groups excluding tert-OH is 1. The first-order valence-electron chi connectivity index (χ1n) is 7.27. The molecular weight excluding hydrogens is 238 g/mol. The summed E-state index contributed by atoms with van der Waals surface area (Å²) in [7, 11) is 0. The maximum absolute atomic E-state index is 9.97. The first kappa shape index (κ1) is 14.4. The Labute approximate surface area is 116 Å². The Hall–Kier alpha value is -1.06. The van der Waals surface area contributed by atoms with Crippen molar-refractivity contribution in [2.75, 3.05) is 13.2 Å². The van der Waals surface area contributed by atoms with Gasteiger partial charge in [-0.2, -0.15) is 0 Å². The van der Waals surface area contributed by atoms with Gasteiger partial charge in [0.05, 0.1) is 0 Å². The molecule has 0 aromatic heterocycles. The largest absolute Gasteiger partial charge is 0.490 e. The van der Waals surface area contributed by atoms with Gasteiger partial charge in [0.1, 0.15) is 18.5 Å². The van der Waals surface area contributed by atoms with Crippen molar-refractivity contribution in [2.45, 2.75) is 51.7 Å². The van der Waals surface area contributed by atoms with Crippen LogP contribution in [0.15, 0.2) is 18.2 Å². The molecule has 19 heavy (non-hydrogen) atoms. The number of aliphatic hydroxyl groups is 1. The van der Waals surface area contributed by atoms with Gasteiger partial charge in [0.15, 0.2) is 0 Å². The van der Waals surface area contributed by atoms with Crippen LogP contribution in [0.25, 0.3) is 0 Å². The molecule has 3 heteroatoms. The van der Waals surface area contributed by atoms with Gasteiger partial charge in [-0.3, -0.25) is 0 Å². The Bertz CT molecular complexity index is 379. The highest BCUT2D eigenvalue weighted by atomic mass is 16.5. The number of hydrogen-bond acceptors (Lipinski definition) is 3. The molecule has 0 aliphatic heterocycles. The van der Waals surface area contributed by atoms with Crippen molar-refractivity contribution in [1.29, 1.82) is 0 Å². The van der Waals surface area contributed by atoms with Gasteiger partial charge in [0, 0.05) is 12.6 Å². The second-order valence-corrected chi connectivity index (χ2v) is 5.58. The van der Waals surface area contributed by atoms with Gasteiger partial charge < -0.3 is 15.2 Å². The lowest BCUT2D eigenvalue weighted by Gasteiger charge is -2.18. The van der Waals surface area contributed by atoms with Crippen molar-refractivity contribution in [3.05, 3.63) is 29.3 Å². The number of rotatable bonds is 6. The van der Waals surface area contributed by atoms with Crippen LogP contribution in [0.3, 0.4) is 0 Å². The molecule has 1 aliphatic rings. The minimum atomic E-state index is -0.445. The van der Waals surface area contributed by atoms with Crippen molar-refractivity contribution >= 4 is 0 Å². The lowest BCUT2D eigenvalue weighted by molar-refractivity contribution is 0.103. The van der Waals surface area contributed by atoms with Crippen molar-refractivity contribution < 1.29 is 9.84 Å². The maximum atomic E-state index is 9.97. The molecule has 1 atom stereocenters. The van der Waals surface area contributed by atoms with E-state index in [4.69, 9.17) is 4.74 Å². The zero-order chi connectivity index (χ0) is 13.7. The summed E-state index contributed by atoms with van der Waals surface area (Å²) < 4.78 is 5.75. The van der Waals surface area contributed by atoms with E-state index in [0.29, 0.717) is 19.2 Å². The van der Waals surface area contributed by atoms with Crippen molar-refractivity contribution in [2.24, 2.45) is 0 Å². The molecule has 2 rings (SSSR count). The summed E-state index contributed by atoms with van der Waals surface area (Å²) in [5.74, 6) is 0.905. The van der Waals surface area contributed by atoms with Crippen LogP contribution in [-0.2, 0) is 0 Å². The zero-order valence-corrected chi connectivity index (χ0v) is 12.0. The van der Waals surface area contributed by atoms with Crippen molar-refractivity contribution in [3.63, 3.8) is 0 Å². The highest BCUT2D eigenvalue weighted by Gasteiger charge is 2.16. The molecule has 0 amide bonds. The number of ether oxygens (including phenoxy) is 1. The van der Waals surface area contributed by atoms with Gasteiger partial charge in [-0.1, -0.05) is 31.0 Å². The fourth-order valence-electron chi connectivity index (χ4n) is 2.70. The molecule has 2 N–H and O–H groups in total. The molecule has 1 saturated carbocycles. The Morgan fingerprint density at radius 1 is 1.26 bits per heavy atom. The highest BCUT2D eigenvalue weighted by molar-refractivity contribution is 5.39. The summed E-state index contributed by atoms with van der Waals surface area (Å²) in [5.41, 5.74) is 2.24. The van der Waals surface area contributed by atoms with E-state index in [1.165, 1.54) is 25.7 Å². The fourth-order valence-corrected chi connectivity index (χ4v) is 2.70. The number of nitrogens with one attached hydrogen (secondary N) is 1. The second-order valence-electron chi connectivity index (χ2n) is 5.58. The van der Waals surface area contributed by atoms with Gasteiger partial charge in [0.2, 0.25) is 0 Å². The van der Waals surface area contributed by atoms with Crippen molar-refractivity contribution in [1.82, 2.24) is 5.32 Å². The Morgan fingerprint density at radius 2 is 1.89 bits per heavy atom. The molecule has 3 nitrogen and oxygen atoms in total.